The third kappa shape index (κ3) is 2.74. The van der Waals surface area contributed by atoms with Gasteiger partial charge in [-0.25, -0.2) is 4.39 Å². The van der Waals surface area contributed by atoms with Crippen molar-refractivity contribution in [3.63, 3.8) is 0 Å². The summed E-state index contributed by atoms with van der Waals surface area (Å²) in [4.78, 5) is 5.13. The lowest BCUT2D eigenvalue weighted by Crippen LogP contribution is -2.51. The van der Waals surface area contributed by atoms with Crippen LogP contribution >= 0.6 is 0 Å². The van der Waals surface area contributed by atoms with Crippen molar-refractivity contribution in [3.8, 4) is 0 Å². The zero-order valence-electron chi connectivity index (χ0n) is 12.7. The minimum absolute atomic E-state index is 0.0620. The molecule has 0 spiro atoms. The van der Waals surface area contributed by atoms with E-state index in [9.17, 15) is 4.39 Å². The fourth-order valence-electron chi connectivity index (χ4n) is 4.78. The van der Waals surface area contributed by atoms with E-state index in [4.69, 9.17) is 0 Å². The third-order valence-corrected chi connectivity index (χ3v) is 5.93. The summed E-state index contributed by atoms with van der Waals surface area (Å²) in [5.74, 6) is 1.94. The Morgan fingerprint density at radius 2 is 1.81 bits per heavy atom. The lowest BCUT2D eigenvalue weighted by molar-refractivity contribution is 0.0675. The predicted octanol–water partition coefficient (Wildman–Crippen LogP) is 3.13. The lowest BCUT2D eigenvalue weighted by Gasteiger charge is -2.41. The van der Waals surface area contributed by atoms with E-state index in [0.717, 1.165) is 43.1 Å². The highest BCUT2D eigenvalue weighted by molar-refractivity contribution is 5.17. The first-order chi connectivity index (χ1) is 10.3. The Labute approximate surface area is 126 Å². The Kier molecular flexibility index (Phi) is 3.72. The molecule has 4 rings (SSSR count). The van der Waals surface area contributed by atoms with Crippen LogP contribution in [0.2, 0.25) is 0 Å². The molecule has 3 atom stereocenters. The van der Waals surface area contributed by atoms with Crippen LogP contribution in [0.3, 0.4) is 0 Å². The smallest absolute Gasteiger partial charge is 0.127 e. The number of hydrogen-bond donors (Lipinski definition) is 0. The van der Waals surface area contributed by atoms with Crippen molar-refractivity contribution in [1.82, 2.24) is 9.80 Å². The van der Waals surface area contributed by atoms with Crippen molar-refractivity contribution in [1.29, 1.82) is 0 Å². The summed E-state index contributed by atoms with van der Waals surface area (Å²) in [6.45, 7) is 5.27. The highest BCUT2D eigenvalue weighted by Gasteiger charge is 2.42. The average molecular weight is 288 g/mol. The monoisotopic (exact) mass is 288 g/mol. The molecule has 2 saturated carbocycles. The second kappa shape index (κ2) is 5.69. The minimum atomic E-state index is -0.0620. The largest absolute Gasteiger partial charge is 0.298 e. The van der Waals surface area contributed by atoms with Crippen LogP contribution in [-0.2, 0) is 6.54 Å². The molecule has 3 aliphatic rings. The molecule has 114 valence electrons. The van der Waals surface area contributed by atoms with Gasteiger partial charge in [0.05, 0.1) is 0 Å². The van der Waals surface area contributed by atoms with Crippen molar-refractivity contribution in [2.45, 2.75) is 38.3 Å². The maximum Gasteiger partial charge on any atom is 0.127 e. The van der Waals surface area contributed by atoms with Crippen LogP contribution in [0.5, 0.6) is 0 Å². The number of rotatable bonds is 3. The molecule has 2 bridgehead atoms. The number of hydrogen-bond acceptors (Lipinski definition) is 2. The van der Waals surface area contributed by atoms with Crippen molar-refractivity contribution in [2.24, 2.45) is 11.8 Å². The number of piperazine rings is 1. The maximum atomic E-state index is 13.7. The summed E-state index contributed by atoms with van der Waals surface area (Å²) in [6.07, 6.45) is 5.87. The zero-order chi connectivity index (χ0) is 14.2. The Morgan fingerprint density at radius 1 is 1.00 bits per heavy atom. The SMILES string of the molecule is Fc1ccccc1CN1CCN(C2CC3CCC2C3)CC1. The lowest BCUT2D eigenvalue weighted by atomic mass is 9.93. The topological polar surface area (TPSA) is 6.48 Å². The van der Waals surface area contributed by atoms with Gasteiger partial charge in [0.1, 0.15) is 5.82 Å². The van der Waals surface area contributed by atoms with Crippen LogP contribution in [0.25, 0.3) is 0 Å². The summed E-state index contributed by atoms with van der Waals surface area (Å²) in [5.41, 5.74) is 0.839. The van der Waals surface area contributed by atoms with Crippen molar-refractivity contribution in [3.05, 3.63) is 35.6 Å². The van der Waals surface area contributed by atoms with E-state index in [1.54, 1.807) is 12.1 Å². The van der Waals surface area contributed by atoms with Crippen LogP contribution in [0, 0.1) is 17.7 Å². The molecule has 1 aromatic rings. The first kappa shape index (κ1) is 13.7. The average Bonchev–Trinajstić information content (AvgIpc) is 3.13. The van der Waals surface area contributed by atoms with Gasteiger partial charge in [0.25, 0.3) is 0 Å². The zero-order valence-corrected chi connectivity index (χ0v) is 12.7. The van der Waals surface area contributed by atoms with Gasteiger partial charge in [-0.3, -0.25) is 9.80 Å². The molecule has 1 heterocycles. The van der Waals surface area contributed by atoms with Gasteiger partial charge < -0.3 is 0 Å². The fourth-order valence-corrected chi connectivity index (χ4v) is 4.78. The van der Waals surface area contributed by atoms with Gasteiger partial charge >= 0.3 is 0 Å². The molecule has 1 aromatic carbocycles. The van der Waals surface area contributed by atoms with Crippen LogP contribution in [-0.4, -0.2) is 42.0 Å². The van der Waals surface area contributed by atoms with Gasteiger partial charge in [0.2, 0.25) is 0 Å². The van der Waals surface area contributed by atoms with Gasteiger partial charge in [-0.2, -0.15) is 0 Å². The number of benzene rings is 1. The summed E-state index contributed by atoms with van der Waals surface area (Å²) >= 11 is 0. The van der Waals surface area contributed by atoms with E-state index in [1.807, 2.05) is 12.1 Å². The molecule has 3 unspecified atom stereocenters. The van der Waals surface area contributed by atoms with Crippen molar-refractivity contribution >= 4 is 0 Å². The molecule has 21 heavy (non-hydrogen) atoms. The van der Waals surface area contributed by atoms with E-state index >= 15 is 0 Å². The molecule has 3 fully saturated rings. The van der Waals surface area contributed by atoms with Gasteiger partial charge in [-0.05, 0) is 37.2 Å². The molecular weight excluding hydrogens is 263 g/mol. The van der Waals surface area contributed by atoms with Gasteiger partial charge in [-0.15, -0.1) is 0 Å². The van der Waals surface area contributed by atoms with E-state index < -0.39 is 0 Å². The summed E-state index contributed by atoms with van der Waals surface area (Å²) in [7, 11) is 0. The molecule has 2 nitrogen and oxygen atoms in total. The molecule has 1 aliphatic heterocycles. The normalized spacial score (nSPS) is 33.7. The second-order valence-electron chi connectivity index (χ2n) is 7.15. The summed E-state index contributed by atoms with van der Waals surface area (Å²) in [5, 5.41) is 0. The van der Waals surface area contributed by atoms with E-state index in [0.29, 0.717) is 0 Å². The predicted molar refractivity (Wildman–Crippen MR) is 82.5 cm³/mol. The highest BCUT2D eigenvalue weighted by atomic mass is 19.1. The van der Waals surface area contributed by atoms with Crippen LogP contribution in [0.4, 0.5) is 4.39 Å². The van der Waals surface area contributed by atoms with Gasteiger partial charge in [-0.1, -0.05) is 24.6 Å². The molecule has 1 saturated heterocycles. The van der Waals surface area contributed by atoms with E-state index in [-0.39, 0.29) is 5.82 Å². The fraction of sp³-hybridized carbons (Fsp3) is 0.667. The molecule has 3 heteroatoms. The Hall–Kier alpha value is -0.930. The summed E-state index contributed by atoms with van der Waals surface area (Å²) in [6, 6.07) is 8.05. The second-order valence-corrected chi connectivity index (χ2v) is 7.15. The third-order valence-electron chi connectivity index (χ3n) is 5.93. The van der Waals surface area contributed by atoms with Crippen LogP contribution < -0.4 is 0 Å². The molecule has 0 N–H and O–H groups in total. The number of fused-ring (bicyclic) bond motifs is 2. The molecule has 0 aromatic heterocycles. The molecule has 2 aliphatic carbocycles. The minimum Gasteiger partial charge on any atom is -0.298 e. The van der Waals surface area contributed by atoms with Gasteiger partial charge in [0, 0.05) is 44.3 Å². The number of nitrogens with zero attached hydrogens (tertiary/aromatic N) is 2. The standard InChI is InChI=1S/C18H25FN2/c19-17-4-2-1-3-16(17)13-20-7-9-21(10-8-20)18-12-14-5-6-15(18)11-14/h1-4,14-15,18H,5-13H2. The Balaban J connectivity index is 1.32. The Morgan fingerprint density at radius 3 is 2.48 bits per heavy atom. The first-order valence-corrected chi connectivity index (χ1v) is 8.49. The van der Waals surface area contributed by atoms with Crippen molar-refractivity contribution < 1.29 is 4.39 Å². The van der Waals surface area contributed by atoms with E-state index in [1.165, 1.54) is 38.8 Å². The Bertz CT molecular complexity index is 496. The maximum absolute atomic E-state index is 13.7. The molecule has 0 amide bonds. The van der Waals surface area contributed by atoms with E-state index in [2.05, 4.69) is 9.80 Å². The van der Waals surface area contributed by atoms with Crippen LogP contribution in [0.15, 0.2) is 24.3 Å². The summed E-state index contributed by atoms with van der Waals surface area (Å²) < 4.78 is 13.7. The first-order valence-electron chi connectivity index (χ1n) is 8.49. The van der Waals surface area contributed by atoms with Gasteiger partial charge in [0.15, 0.2) is 0 Å². The highest BCUT2D eigenvalue weighted by Crippen LogP contribution is 2.46. The van der Waals surface area contributed by atoms with Crippen molar-refractivity contribution in [2.75, 3.05) is 26.2 Å². The number of halogens is 1. The van der Waals surface area contributed by atoms with Crippen LogP contribution in [0.1, 0.15) is 31.2 Å². The molecular formula is C18H25FN2. The molecule has 0 radical (unpaired) electrons. The quantitative estimate of drug-likeness (QED) is 0.843.